The van der Waals surface area contributed by atoms with Gasteiger partial charge >= 0.3 is 0 Å². The van der Waals surface area contributed by atoms with Crippen molar-refractivity contribution in [3.63, 3.8) is 0 Å². The van der Waals surface area contributed by atoms with E-state index in [1.807, 2.05) is 12.4 Å². The monoisotopic (exact) mass is 218 g/mol. The Bertz CT molecular complexity index is 354. The molecule has 0 saturated heterocycles. The van der Waals surface area contributed by atoms with Crippen molar-refractivity contribution in [1.82, 2.24) is 10.3 Å². The van der Waals surface area contributed by atoms with Gasteiger partial charge < -0.3 is 5.32 Å². The summed E-state index contributed by atoms with van der Waals surface area (Å²) in [6, 6.07) is 2.58. The summed E-state index contributed by atoms with van der Waals surface area (Å²) in [6.07, 6.45) is 7.09. The van der Waals surface area contributed by atoms with Crippen LogP contribution in [0.3, 0.4) is 0 Å². The molecule has 1 rings (SSSR count). The molecule has 0 aromatic carbocycles. The SMILES string of the molecule is CC/C(=C/c1cnccc1C)CNC(C)C. The second kappa shape index (κ2) is 6.44. The smallest absolute Gasteiger partial charge is 0.0342 e. The molecule has 88 valence electrons. The predicted molar refractivity (Wildman–Crippen MR) is 70.4 cm³/mol. The van der Waals surface area contributed by atoms with Crippen LogP contribution in [0, 0.1) is 6.92 Å². The maximum atomic E-state index is 4.16. The quantitative estimate of drug-likeness (QED) is 0.821. The lowest BCUT2D eigenvalue weighted by Crippen LogP contribution is -2.24. The molecule has 2 nitrogen and oxygen atoms in total. The lowest BCUT2D eigenvalue weighted by molar-refractivity contribution is 0.617. The standard InChI is InChI=1S/C14H22N2/c1-5-13(9-16-11(2)3)8-14-10-15-7-6-12(14)4/h6-8,10-11,16H,5,9H2,1-4H3/b13-8-. The molecule has 1 aromatic heterocycles. The molecule has 0 bridgehead atoms. The van der Waals surface area contributed by atoms with Gasteiger partial charge in [-0.2, -0.15) is 0 Å². The third-order valence-electron chi connectivity index (χ3n) is 2.63. The van der Waals surface area contributed by atoms with Crippen molar-refractivity contribution >= 4 is 6.08 Å². The van der Waals surface area contributed by atoms with E-state index < -0.39 is 0 Å². The zero-order chi connectivity index (χ0) is 12.0. The number of aromatic nitrogens is 1. The zero-order valence-electron chi connectivity index (χ0n) is 10.7. The van der Waals surface area contributed by atoms with Gasteiger partial charge in [-0.05, 0) is 30.5 Å². The first-order chi connectivity index (χ1) is 7.63. The van der Waals surface area contributed by atoms with Gasteiger partial charge in [0.05, 0.1) is 0 Å². The average Bonchev–Trinajstić information content (AvgIpc) is 2.26. The van der Waals surface area contributed by atoms with Crippen molar-refractivity contribution in [3.05, 3.63) is 35.2 Å². The van der Waals surface area contributed by atoms with E-state index in [0.717, 1.165) is 13.0 Å². The second-order valence-electron chi connectivity index (χ2n) is 4.42. The van der Waals surface area contributed by atoms with E-state index in [2.05, 4.69) is 50.1 Å². The van der Waals surface area contributed by atoms with E-state index >= 15 is 0 Å². The zero-order valence-corrected chi connectivity index (χ0v) is 10.7. The molecule has 0 atom stereocenters. The summed E-state index contributed by atoms with van der Waals surface area (Å²) in [6.45, 7) is 9.61. The van der Waals surface area contributed by atoms with Crippen molar-refractivity contribution in [1.29, 1.82) is 0 Å². The Kier molecular flexibility index (Phi) is 5.20. The third-order valence-corrected chi connectivity index (χ3v) is 2.63. The van der Waals surface area contributed by atoms with Gasteiger partial charge in [0.25, 0.3) is 0 Å². The fraction of sp³-hybridized carbons (Fsp3) is 0.500. The lowest BCUT2D eigenvalue weighted by atomic mass is 10.1. The van der Waals surface area contributed by atoms with Gasteiger partial charge in [-0.1, -0.05) is 32.4 Å². The van der Waals surface area contributed by atoms with Crippen LogP contribution in [0.5, 0.6) is 0 Å². The highest BCUT2D eigenvalue weighted by atomic mass is 14.9. The number of nitrogens with zero attached hydrogens (tertiary/aromatic N) is 1. The Morgan fingerprint density at radius 2 is 2.25 bits per heavy atom. The van der Waals surface area contributed by atoms with E-state index in [1.165, 1.54) is 16.7 Å². The number of pyridine rings is 1. The molecule has 1 aromatic rings. The Morgan fingerprint density at radius 1 is 1.50 bits per heavy atom. The highest BCUT2D eigenvalue weighted by Gasteiger charge is 1.99. The molecular formula is C14H22N2. The van der Waals surface area contributed by atoms with Gasteiger partial charge in [0.15, 0.2) is 0 Å². The molecule has 0 fully saturated rings. The summed E-state index contributed by atoms with van der Waals surface area (Å²) in [5.74, 6) is 0. The molecule has 0 aliphatic rings. The summed E-state index contributed by atoms with van der Waals surface area (Å²) >= 11 is 0. The predicted octanol–water partition coefficient (Wildman–Crippen LogP) is 3.18. The normalized spacial score (nSPS) is 12.2. The molecule has 0 saturated carbocycles. The lowest BCUT2D eigenvalue weighted by Gasteiger charge is -2.10. The number of aryl methyl sites for hydroxylation is 1. The van der Waals surface area contributed by atoms with Crippen LogP contribution in [0.15, 0.2) is 24.0 Å². The number of hydrogen-bond acceptors (Lipinski definition) is 2. The first kappa shape index (κ1) is 12.9. The maximum absolute atomic E-state index is 4.16. The summed E-state index contributed by atoms with van der Waals surface area (Å²) in [5, 5.41) is 3.45. The molecule has 1 N–H and O–H groups in total. The van der Waals surface area contributed by atoms with Gasteiger partial charge in [-0.3, -0.25) is 4.98 Å². The number of rotatable bonds is 5. The Morgan fingerprint density at radius 3 is 2.81 bits per heavy atom. The van der Waals surface area contributed by atoms with Crippen LogP contribution < -0.4 is 5.32 Å². The average molecular weight is 218 g/mol. The minimum absolute atomic E-state index is 0.532. The summed E-state index contributed by atoms with van der Waals surface area (Å²) in [5.41, 5.74) is 3.93. The highest BCUT2D eigenvalue weighted by Crippen LogP contribution is 2.12. The molecule has 0 unspecified atom stereocenters. The summed E-state index contributed by atoms with van der Waals surface area (Å²) in [7, 11) is 0. The van der Waals surface area contributed by atoms with E-state index in [1.54, 1.807) is 0 Å². The van der Waals surface area contributed by atoms with Gasteiger partial charge in [0.1, 0.15) is 0 Å². The van der Waals surface area contributed by atoms with Crippen molar-refractivity contribution in [2.24, 2.45) is 0 Å². The van der Waals surface area contributed by atoms with Crippen LogP contribution in [0.25, 0.3) is 6.08 Å². The molecule has 0 spiro atoms. The molecular weight excluding hydrogens is 196 g/mol. The van der Waals surface area contributed by atoms with Crippen LogP contribution in [-0.4, -0.2) is 17.6 Å². The third kappa shape index (κ3) is 4.15. The Balaban J connectivity index is 2.75. The van der Waals surface area contributed by atoms with E-state index in [0.29, 0.717) is 6.04 Å². The van der Waals surface area contributed by atoms with Crippen LogP contribution in [0.1, 0.15) is 38.3 Å². The van der Waals surface area contributed by atoms with E-state index in [9.17, 15) is 0 Å². The van der Waals surface area contributed by atoms with Crippen LogP contribution in [-0.2, 0) is 0 Å². The van der Waals surface area contributed by atoms with Gasteiger partial charge in [0.2, 0.25) is 0 Å². The number of hydrogen-bond donors (Lipinski definition) is 1. The van der Waals surface area contributed by atoms with Crippen LogP contribution in [0.4, 0.5) is 0 Å². The van der Waals surface area contributed by atoms with Crippen molar-refractivity contribution < 1.29 is 0 Å². The maximum Gasteiger partial charge on any atom is 0.0342 e. The Hall–Kier alpha value is -1.15. The molecule has 0 aliphatic carbocycles. The summed E-state index contributed by atoms with van der Waals surface area (Å²) < 4.78 is 0. The minimum Gasteiger partial charge on any atom is -0.311 e. The number of nitrogens with one attached hydrogen (secondary N) is 1. The first-order valence-corrected chi connectivity index (χ1v) is 5.97. The van der Waals surface area contributed by atoms with E-state index in [-0.39, 0.29) is 0 Å². The van der Waals surface area contributed by atoms with Gasteiger partial charge in [-0.25, -0.2) is 0 Å². The molecule has 0 radical (unpaired) electrons. The second-order valence-corrected chi connectivity index (χ2v) is 4.42. The minimum atomic E-state index is 0.532. The van der Waals surface area contributed by atoms with Crippen LogP contribution >= 0.6 is 0 Å². The fourth-order valence-corrected chi connectivity index (χ4v) is 1.46. The van der Waals surface area contributed by atoms with Crippen molar-refractivity contribution in [2.45, 2.75) is 40.2 Å². The molecule has 1 heterocycles. The molecule has 2 heteroatoms. The van der Waals surface area contributed by atoms with Crippen molar-refractivity contribution in [3.8, 4) is 0 Å². The van der Waals surface area contributed by atoms with Gasteiger partial charge in [-0.15, -0.1) is 0 Å². The molecule has 0 amide bonds. The van der Waals surface area contributed by atoms with Crippen LogP contribution in [0.2, 0.25) is 0 Å². The van der Waals surface area contributed by atoms with Crippen molar-refractivity contribution in [2.75, 3.05) is 6.54 Å². The van der Waals surface area contributed by atoms with Gasteiger partial charge in [0, 0.05) is 25.0 Å². The fourth-order valence-electron chi connectivity index (χ4n) is 1.46. The topological polar surface area (TPSA) is 24.9 Å². The van der Waals surface area contributed by atoms with E-state index in [4.69, 9.17) is 0 Å². The molecule has 16 heavy (non-hydrogen) atoms. The largest absolute Gasteiger partial charge is 0.311 e. The Labute approximate surface area is 98.8 Å². The first-order valence-electron chi connectivity index (χ1n) is 5.97. The molecule has 0 aliphatic heterocycles. The highest BCUT2D eigenvalue weighted by molar-refractivity contribution is 5.55. The summed E-state index contributed by atoms with van der Waals surface area (Å²) in [4.78, 5) is 4.16.